The van der Waals surface area contributed by atoms with E-state index in [1.165, 1.54) is 0 Å². The van der Waals surface area contributed by atoms with E-state index in [0.717, 1.165) is 24.8 Å². The van der Waals surface area contributed by atoms with Gasteiger partial charge < -0.3 is 14.7 Å². The van der Waals surface area contributed by atoms with Gasteiger partial charge in [-0.25, -0.2) is 0 Å². The van der Waals surface area contributed by atoms with Crippen molar-refractivity contribution in [2.24, 2.45) is 5.92 Å². The quantitative estimate of drug-likeness (QED) is 0.926. The number of rotatable bonds is 3. The fraction of sp³-hybridized carbons (Fsp3) is 0.529. The van der Waals surface area contributed by atoms with Crippen LogP contribution in [0.5, 0.6) is 0 Å². The standard InChI is InChI=1S/C17H21NO4/c19-16(15-8-4-5-9-22-15)18-10-13(14(11-18)17(20)21)12-6-2-1-3-7-12/h1-3,6-7,13-15H,4-5,8-11H2,(H,20,21)/t13-,14-,15?/m1/s1. The summed E-state index contributed by atoms with van der Waals surface area (Å²) in [5, 5.41) is 9.49. The molecule has 22 heavy (non-hydrogen) atoms. The van der Waals surface area contributed by atoms with E-state index in [1.54, 1.807) is 4.90 Å². The number of aliphatic carboxylic acids is 1. The third kappa shape index (κ3) is 2.99. The Morgan fingerprint density at radius 3 is 2.55 bits per heavy atom. The molecule has 5 nitrogen and oxygen atoms in total. The molecule has 5 heteroatoms. The molecule has 2 fully saturated rings. The van der Waals surface area contributed by atoms with Crippen LogP contribution in [-0.4, -0.2) is 47.7 Å². The summed E-state index contributed by atoms with van der Waals surface area (Å²) in [5.74, 6) is -1.58. The van der Waals surface area contributed by atoms with Crippen molar-refractivity contribution in [3.8, 4) is 0 Å². The molecule has 3 rings (SSSR count). The first-order valence-corrected chi connectivity index (χ1v) is 7.85. The van der Waals surface area contributed by atoms with Gasteiger partial charge in [-0.1, -0.05) is 30.3 Å². The molecule has 2 saturated heterocycles. The molecular formula is C17H21NO4. The van der Waals surface area contributed by atoms with Crippen molar-refractivity contribution < 1.29 is 19.4 Å². The zero-order chi connectivity index (χ0) is 15.5. The van der Waals surface area contributed by atoms with Crippen LogP contribution in [0.3, 0.4) is 0 Å². The fourth-order valence-electron chi connectivity index (χ4n) is 3.41. The Hall–Kier alpha value is -1.88. The molecule has 1 N–H and O–H groups in total. The maximum absolute atomic E-state index is 12.6. The fourth-order valence-corrected chi connectivity index (χ4v) is 3.41. The summed E-state index contributed by atoms with van der Waals surface area (Å²) < 4.78 is 5.55. The summed E-state index contributed by atoms with van der Waals surface area (Å²) >= 11 is 0. The van der Waals surface area contributed by atoms with Gasteiger partial charge in [0.05, 0.1) is 5.92 Å². The van der Waals surface area contributed by atoms with Gasteiger partial charge in [-0.15, -0.1) is 0 Å². The van der Waals surface area contributed by atoms with Crippen molar-refractivity contribution in [1.29, 1.82) is 0 Å². The van der Waals surface area contributed by atoms with Crippen molar-refractivity contribution in [1.82, 2.24) is 4.90 Å². The van der Waals surface area contributed by atoms with Crippen LogP contribution >= 0.6 is 0 Å². The lowest BCUT2D eigenvalue weighted by atomic mass is 9.89. The maximum Gasteiger partial charge on any atom is 0.308 e. The Balaban J connectivity index is 1.75. The van der Waals surface area contributed by atoms with Crippen molar-refractivity contribution in [3.05, 3.63) is 35.9 Å². The summed E-state index contributed by atoms with van der Waals surface area (Å²) in [7, 11) is 0. The zero-order valence-corrected chi connectivity index (χ0v) is 12.5. The van der Waals surface area contributed by atoms with E-state index in [9.17, 15) is 14.7 Å². The van der Waals surface area contributed by atoms with Crippen LogP contribution in [0.15, 0.2) is 30.3 Å². The first kappa shape index (κ1) is 15.0. The molecule has 2 aliphatic rings. The van der Waals surface area contributed by atoms with E-state index in [2.05, 4.69) is 0 Å². The average molecular weight is 303 g/mol. The average Bonchev–Trinajstić information content (AvgIpc) is 3.01. The second kappa shape index (κ2) is 6.48. The molecule has 1 aromatic carbocycles. The smallest absolute Gasteiger partial charge is 0.308 e. The summed E-state index contributed by atoms with van der Waals surface area (Å²) in [6.07, 6.45) is 2.34. The molecule has 118 valence electrons. The van der Waals surface area contributed by atoms with E-state index >= 15 is 0 Å². The normalized spacial score (nSPS) is 28.5. The summed E-state index contributed by atoms with van der Waals surface area (Å²) in [5.41, 5.74) is 0.981. The van der Waals surface area contributed by atoms with E-state index in [4.69, 9.17) is 4.74 Å². The van der Waals surface area contributed by atoms with Crippen LogP contribution in [0.1, 0.15) is 30.7 Å². The Kier molecular flexibility index (Phi) is 4.43. The number of hydrogen-bond acceptors (Lipinski definition) is 3. The molecule has 0 bridgehead atoms. The number of benzene rings is 1. The molecule has 1 unspecified atom stereocenters. The predicted molar refractivity (Wildman–Crippen MR) is 80.5 cm³/mol. The van der Waals surface area contributed by atoms with Crippen molar-refractivity contribution in [2.75, 3.05) is 19.7 Å². The van der Waals surface area contributed by atoms with E-state index in [-0.39, 0.29) is 18.4 Å². The lowest BCUT2D eigenvalue weighted by Crippen LogP contribution is -2.41. The number of carbonyl (C=O) groups is 2. The van der Waals surface area contributed by atoms with Crippen LogP contribution in [0.2, 0.25) is 0 Å². The van der Waals surface area contributed by atoms with Gasteiger partial charge in [0, 0.05) is 25.6 Å². The Morgan fingerprint density at radius 2 is 1.91 bits per heavy atom. The highest BCUT2D eigenvalue weighted by atomic mass is 16.5. The second-order valence-electron chi connectivity index (χ2n) is 6.06. The minimum atomic E-state index is -0.839. The Bertz CT molecular complexity index is 539. The SMILES string of the molecule is O=C(O)[C@@H]1CN(C(=O)C2CCCCO2)C[C@@H]1c1ccccc1. The first-order chi connectivity index (χ1) is 10.7. The molecule has 0 aromatic heterocycles. The van der Waals surface area contributed by atoms with Gasteiger partial charge in [-0.2, -0.15) is 0 Å². The van der Waals surface area contributed by atoms with Gasteiger partial charge in [0.2, 0.25) is 0 Å². The maximum atomic E-state index is 12.6. The van der Waals surface area contributed by atoms with E-state index < -0.39 is 18.0 Å². The summed E-state index contributed by atoms with van der Waals surface area (Å²) in [4.78, 5) is 25.8. The van der Waals surface area contributed by atoms with Crippen LogP contribution in [0.4, 0.5) is 0 Å². The van der Waals surface area contributed by atoms with Gasteiger partial charge in [0.15, 0.2) is 0 Å². The molecule has 2 aliphatic heterocycles. The van der Waals surface area contributed by atoms with Crippen LogP contribution in [-0.2, 0) is 14.3 Å². The molecule has 2 heterocycles. The van der Waals surface area contributed by atoms with Crippen LogP contribution < -0.4 is 0 Å². The number of carbonyl (C=O) groups excluding carboxylic acids is 1. The van der Waals surface area contributed by atoms with Crippen molar-refractivity contribution >= 4 is 11.9 Å². The molecule has 3 atom stereocenters. The summed E-state index contributed by atoms with van der Waals surface area (Å²) in [6.45, 7) is 1.35. The third-order valence-electron chi connectivity index (χ3n) is 4.63. The van der Waals surface area contributed by atoms with Gasteiger partial charge in [-0.05, 0) is 24.8 Å². The van der Waals surface area contributed by atoms with Crippen molar-refractivity contribution in [2.45, 2.75) is 31.3 Å². The molecule has 1 aromatic rings. The van der Waals surface area contributed by atoms with Crippen LogP contribution in [0.25, 0.3) is 0 Å². The van der Waals surface area contributed by atoms with E-state index in [1.807, 2.05) is 30.3 Å². The second-order valence-corrected chi connectivity index (χ2v) is 6.06. The van der Waals surface area contributed by atoms with Gasteiger partial charge in [0.25, 0.3) is 5.91 Å². The first-order valence-electron chi connectivity index (χ1n) is 7.85. The predicted octanol–water partition coefficient (Wildman–Crippen LogP) is 1.88. The monoisotopic (exact) mass is 303 g/mol. The summed E-state index contributed by atoms with van der Waals surface area (Å²) in [6, 6.07) is 9.59. The Morgan fingerprint density at radius 1 is 1.14 bits per heavy atom. The van der Waals surface area contributed by atoms with Gasteiger partial charge in [0.1, 0.15) is 6.10 Å². The lowest BCUT2D eigenvalue weighted by molar-refractivity contribution is -0.146. The number of carboxylic acid groups (broad SMARTS) is 1. The van der Waals surface area contributed by atoms with Crippen LogP contribution in [0, 0.1) is 5.92 Å². The van der Waals surface area contributed by atoms with Crippen molar-refractivity contribution in [3.63, 3.8) is 0 Å². The molecule has 0 radical (unpaired) electrons. The van der Waals surface area contributed by atoms with Gasteiger partial charge in [-0.3, -0.25) is 9.59 Å². The number of amides is 1. The largest absolute Gasteiger partial charge is 0.481 e. The molecule has 1 amide bonds. The Labute approximate surface area is 129 Å². The molecule has 0 spiro atoms. The highest BCUT2D eigenvalue weighted by molar-refractivity contribution is 5.83. The molecular weight excluding hydrogens is 282 g/mol. The number of ether oxygens (including phenoxy) is 1. The molecule has 0 aliphatic carbocycles. The highest BCUT2D eigenvalue weighted by Gasteiger charge is 2.42. The topological polar surface area (TPSA) is 66.8 Å². The number of carboxylic acids is 1. The van der Waals surface area contributed by atoms with E-state index in [0.29, 0.717) is 13.2 Å². The number of nitrogens with zero attached hydrogens (tertiary/aromatic N) is 1. The zero-order valence-electron chi connectivity index (χ0n) is 12.5. The minimum Gasteiger partial charge on any atom is -0.481 e. The lowest BCUT2D eigenvalue weighted by Gasteiger charge is -2.26. The number of hydrogen-bond donors (Lipinski definition) is 1. The van der Waals surface area contributed by atoms with Gasteiger partial charge >= 0.3 is 5.97 Å². The minimum absolute atomic E-state index is 0.0515. The molecule has 0 saturated carbocycles. The third-order valence-corrected chi connectivity index (χ3v) is 4.63. The highest BCUT2D eigenvalue weighted by Crippen LogP contribution is 2.33. The number of likely N-dealkylation sites (tertiary alicyclic amines) is 1.